The van der Waals surface area contributed by atoms with Gasteiger partial charge in [-0.05, 0) is 62.4 Å². The van der Waals surface area contributed by atoms with Crippen LogP contribution in [0.25, 0.3) is 0 Å². The third kappa shape index (κ3) is 6.69. The molecule has 0 saturated heterocycles. The molecular weight excluding hydrogens is 466 g/mol. The summed E-state index contributed by atoms with van der Waals surface area (Å²) in [5.74, 6) is -4.07. The second-order valence-corrected chi connectivity index (χ2v) is 7.94. The maximum absolute atomic E-state index is 13.1. The number of benzene rings is 3. The van der Waals surface area contributed by atoms with E-state index in [9.17, 15) is 24.3 Å². The lowest BCUT2D eigenvalue weighted by Crippen LogP contribution is -2.48. The van der Waals surface area contributed by atoms with Crippen LogP contribution in [0.1, 0.15) is 31.8 Å². The standard InChI is InChI=1S/C27H25NO8/c1-16-4-8-18(9-5-16)26(32)35-22(24(29)28-20-12-14-21(34-3)15-13-20)23(25(30)31)36-27(33)19-10-6-17(2)7-11-19/h4-15,22-23H,1-3H3,(H,28,29)(H,30,31)/t22-,23+/m1/s1. The van der Waals surface area contributed by atoms with Gasteiger partial charge in [0.1, 0.15) is 5.75 Å². The van der Waals surface area contributed by atoms with Crippen molar-refractivity contribution < 1.29 is 38.5 Å². The lowest BCUT2D eigenvalue weighted by Gasteiger charge is -2.23. The van der Waals surface area contributed by atoms with E-state index in [1.54, 1.807) is 36.4 Å². The summed E-state index contributed by atoms with van der Waals surface area (Å²) in [7, 11) is 1.48. The molecule has 1 amide bonds. The molecule has 2 atom stereocenters. The van der Waals surface area contributed by atoms with Crippen LogP contribution in [0.15, 0.2) is 72.8 Å². The molecule has 0 aliphatic carbocycles. The van der Waals surface area contributed by atoms with Crippen molar-refractivity contribution >= 4 is 29.5 Å². The molecule has 36 heavy (non-hydrogen) atoms. The first-order valence-corrected chi connectivity index (χ1v) is 10.9. The summed E-state index contributed by atoms with van der Waals surface area (Å²) in [5, 5.41) is 12.3. The number of carbonyl (C=O) groups is 4. The summed E-state index contributed by atoms with van der Waals surface area (Å²) in [6, 6.07) is 18.7. The van der Waals surface area contributed by atoms with Gasteiger partial charge in [-0.3, -0.25) is 4.79 Å². The Morgan fingerprint density at radius 1 is 0.694 bits per heavy atom. The second-order valence-electron chi connectivity index (χ2n) is 7.94. The van der Waals surface area contributed by atoms with Crippen LogP contribution in [-0.4, -0.2) is 48.2 Å². The highest BCUT2D eigenvalue weighted by Crippen LogP contribution is 2.19. The van der Waals surface area contributed by atoms with E-state index < -0.39 is 36.0 Å². The Labute approximate surface area is 207 Å². The fourth-order valence-electron chi connectivity index (χ4n) is 3.13. The van der Waals surface area contributed by atoms with Gasteiger partial charge < -0.3 is 24.6 Å². The molecule has 9 nitrogen and oxygen atoms in total. The highest BCUT2D eigenvalue weighted by molar-refractivity contribution is 6.01. The van der Waals surface area contributed by atoms with Crippen LogP contribution in [0.5, 0.6) is 5.75 Å². The number of aryl methyl sites for hydroxylation is 2. The maximum atomic E-state index is 13.1. The van der Waals surface area contributed by atoms with Crippen LogP contribution in [0, 0.1) is 13.8 Å². The first-order valence-electron chi connectivity index (χ1n) is 10.9. The monoisotopic (exact) mass is 491 g/mol. The number of ether oxygens (including phenoxy) is 3. The molecule has 0 heterocycles. The number of aliphatic carboxylic acids is 1. The Balaban J connectivity index is 1.89. The van der Waals surface area contributed by atoms with Crippen molar-refractivity contribution in [2.75, 3.05) is 12.4 Å². The van der Waals surface area contributed by atoms with Gasteiger partial charge in [-0.25, -0.2) is 14.4 Å². The zero-order valence-electron chi connectivity index (χ0n) is 19.9. The van der Waals surface area contributed by atoms with Gasteiger partial charge in [0.15, 0.2) is 0 Å². The third-order valence-electron chi connectivity index (χ3n) is 5.18. The number of carbonyl (C=O) groups excluding carboxylic acids is 3. The lowest BCUT2D eigenvalue weighted by atomic mass is 10.1. The quantitative estimate of drug-likeness (QED) is 0.433. The van der Waals surface area contributed by atoms with Gasteiger partial charge in [0.2, 0.25) is 12.2 Å². The van der Waals surface area contributed by atoms with Crippen LogP contribution in [0.2, 0.25) is 0 Å². The van der Waals surface area contributed by atoms with Crippen molar-refractivity contribution in [3.8, 4) is 5.75 Å². The highest BCUT2D eigenvalue weighted by atomic mass is 16.6. The fourth-order valence-corrected chi connectivity index (χ4v) is 3.13. The molecule has 0 aliphatic heterocycles. The van der Waals surface area contributed by atoms with Gasteiger partial charge in [0, 0.05) is 5.69 Å². The van der Waals surface area contributed by atoms with E-state index in [2.05, 4.69) is 5.32 Å². The molecule has 0 unspecified atom stereocenters. The molecular formula is C27H25NO8. The minimum atomic E-state index is -2.12. The average molecular weight is 491 g/mol. The van der Waals surface area contributed by atoms with Gasteiger partial charge in [-0.2, -0.15) is 0 Å². The van der Waals surface area contributed by atoms with Crippen molar-refractivity contribution in [1.29, 1.82) is 0 Å². The molecule has 3 aromatic carbocycles. The number of hydrogen-bond donors (Lipinski definition) is 2. The summed E-state index contributed by atoms with van der Waals surface area (Å²) < 4.78 is 15.5. The van der Waals surface area contributed by atoms with Gasteiger partial charge in [0.05, 0.1) is 18.2 Å². The number of nitrogens with one attached hydrogen (secondary N) is 1. The number of hydrogen-bond acceptors (Lipinski definition) is 7. The Kier molecular flexibility index (Phi) is 8.40. The molecule has 186 valence electrons. The van der Waals surface area contributed by atoms with Crippen LogP contribution < -0.4 is 10.1 Å². The minimum Gasteiger partial charge on any atom is -0.497 e. The first kappa shape index (κ1) is 26.0. The smallest absolute Gasteiger partial charge is 0.349 e. The minimum absolute atomic E-state index is 0.0750. The van der Waals surface area contributed by atoms with E-state index in [0.29, 0.717) is 5.75 Å². The number of amides is 1. The van der Waals surface area contributed by atoms with Gasteiger partial charge in [0.25, 0.3) is 5.91 Å². The van der Waals surface area contributed by atoms with E-state index in [1.807, 2.05) is 13.8 Å². The molecule has 3 rings (SSSR count). The molecule has 0 fully saturated rings. The number of methoxy groups -OCH3 is 1. The third-order valence-corrected chi connectivity index (χ3v) is 5.18. The van der Waals surface area contributed by atoms with Crippen LogP contribution in [0.4, 0.5) is 5.69 Å². The predicted molar refractivity (Wildman–Crippen MR) is 130 cm³/mol. The van der Waals surface area contributed by atoms with Crippen molar-refractivity contribution in [3.63, 3.8) is 0 Å². The SMILES string of the molecule is COc1ccc(NC(=O)[C@H](OC(=O)c2ccc(C)cc2)[C@H](OC(=O)c2ccc(C)cc2)C(=O)O)cc1. The average Bonchev–Trinajstić information content (AvgIpc) is 2.87. The van der Waals surface area contributed by atoms with Crippen molar-refractivity contribution in [1.82, 2.24) is 0 Å². The first-order chi connectivity index (χ1) is 17.2. The Morgan fingerprint density at radius 3 is 1.56 bits per heavy atom. The summed E-state index contributed by atoms with van der Waals surface area (Å²) in [6.07, 6.45) is -4.11. The van der Waals surface area contributed by atoms with Crippen molar-refractivity contribution in [2.45, 2.75) is 26.1 Å². The number of carboxylic acids is 1. The molecule has 0 saturated carbocycles. The molecule has 0 spiro atoms. The van der Waals surface area contributed by atoms with Crippen LogP contribution >= 0.6 is 0 Å². The summed E-state index contributed by atoms with van der Waals surface area (Å²) in [6.45, 7) is 3.64. The van der Waals surface area contributed by atoms with Crippen LogP contribution in [-0.2, 0) is 19.1 Å². The Morgan fingerprint density at radius 2 is 1.14 bits per heavy atom. The van der Waals surface area contributed by atoms with E-state index in [1.165, 1.54) is 43.5 Å². The summed E-state index contributed by atoms with van der Waals surface area (Å²) in [5.41, 5.74) is 2.22. The normalized spacial score (nSPS) is 12.1. The molecule has 3 aromatic rings. The van der Waals surface area contributed by atoms with Crippen molar-refractivity contribution in [3.05, 3.63) is 95.1 Å². The van der Waals surface area contributed by atoms with Crippen molar-refractivity contribution in [2.24, 2.45) is 0 Å². The van der Waals surface area contributed by atoms with E-state index >= 15 is 0 Å². The zero-order valence-corrected chi connectivity index (χ0v) is 19.9. The maximum Gasteiger partial charge on any atom is 0.349 e. The molecule has 0 bridgehead atoms. The van der Waals surface area contributed by atoms with Gasteiger partial charge >= 0.3 is 17.9 Å². The Hall–Kier alpha value is -4.66. The molecule has 0 aliphatic rings. The molecule has 0 aromatic heterocycles. The van der Waals surface area contributed by atoms with Crippen LogP contribution in [0.3, 0.4) is 0 Å². The lowest BCUT2D eigenvalue weighted by molar-refractivity contribution is -0.157. The molecule has 2 N–H and O–H groups in total. The fraction of sp³-hybridized carbons (Fsp3) is 0.185. The molecule has 0 radical (unpaired) electrons. The topological polar surface area (TPSA) is 128 Å². The number of anilines is 1. The summed E-state index contributed by atoms with van der Waals surface area (Å²) in [4.78, 5) is 50.6. The van der Waals surface area contributed by atoms with E-state index in [0.717, 1.165) is 11.1 Å². The predicted octanol–water partition coefficient (Wildman–Crippen LogP) is 3.79. The number of esters is 2. The molecule has 9 heteroatoms. The van der Waals surface area contributed by atoms with Gasteiger partial charge in [-0.15, -0.1) is 0 Å². The largest absolute Gasteiger partial charge is 0.497 e. The van der Waals surface area contributed by atoms with E-state index in [-0.39, 0.29) is 16.8 Å². The van der Waals surface area contributed by atoms with E-state index in [4.69, 9.17) is 14.2 Å². The number of rotatable bonds is 9. The zero-order chi connectivity index (χ0) is 26.2. The number of carboxylic acid groups (broad SMARTS) is 1. The highest BCUT2D eigenvalue weighted by Gasteiger charge is 2.41. The Bertz CT molecular complexity index is 1230. The summed E-state index contributed by atoms with van der Waals surface area (Å²) >= 11 is 0. The second kappa shape index (κ2) is 11.7. The van der Waals surface area contributed by atoms with Gasteiger partial charge in [-0.1, -0.05) is 35.4 Å².